The van der Waals surface area contributed by atoms with E-state index in [4.69, 9.17) is 9.15 Å². The Morgan fingerprint density at radius 2 is 1.00 bits per heavy atom. The van der Waals surface area contributed by atoms with E-state index in [-0.39, 0.29) is 0 Å². The second kappa shape index (κ2) is 8.95. The highest BCUT2D eigenvalue weighted by atomic mass is 16.5. The topological polar surface area (TPSA) is 22.4 Å². The van der Waals surface area contributed by atoms with E-state index in [1.807, 2.05) is 18.2 Å². The molecule has 0 spiro atoms. The summed E-state index contributed by atoms with van der Waals surface area (Å²) in [5, 5.41) is 4.68. The fourth-order valence-electron chi connectivity index (χ4n) is 6.42. The van der Waals surface area contributed by atoms with Crippen molar-refractivity contribution in [2.75, 3.05) is 0 Å². The molecule has 9 rings (SSSR count). The maximum absolute atomic E-state index is 6.29. The highest BCUT2D eigenvalue weighted by Crippen LogP contribution is 2.47. The summed E-state index contributed by atoms with van der Waals surface area (Å²) in [6, 6.07) is 51.4. The molecule has 2 heterocycles. The van der Waals surface area contributed by atoms with Crippen molar-refractivity contribution in [1.29, 1.82) is 0 Å². The maximum Gasteiger partial charge on any atom is 0.143 e. The SMILES string of the molecule is c1cc2c3c(cccc3c1)-c1cc(-c3ccc(-c4ccc(-c5cccc6c5oc5ccccc56)cc4)cc3)ccc1O2. The van der Waals surface area contributed by atoms with E-state index in [0.29, 0.717) is 0 Å². The van der Waals surface area contributed by atoms with Gasteiger partial charge in [0.2, 0.25) is 0 Å². The largest absolute Gasteiger partial charge is 0.456 e. The molecule has 0 amide bonds. The summed E-state index contributed by atoms with van der Waals surface area (Å²) < 4.78 is 12.6. The third-order valence-corrected chi connectivity index (χ3v) is 8.51. The van der Waals surface area contributed by atoms with E-state index in [0.717, 1.165) is 50.1 Å². The van der Waals surface area contributed by atoms with Gasteiger partial charge in [0.15, 0.2) is 0 Å². The number of benzene rings is 7. The average molecular weight is 537 g/mol. The van der Waals surface area contributed by atoms with E-state index >= 15 is 0 Å². The van der Waals surface area contributed by atoms with Gasteiger partial charge in [0.1, 0.15) is 22.7 Å². The van der Waals surface area contributed by atoms with Gasteiger partial charge in [0, 0.05) is 27.3 Å². The molecule has 2 heteroatoms. The van der Waals surface area contributed by atoms with Crippen molar-refractivity contribution in [3.05, 3.63) is 146 Å². The number of hydrogen-bond acceptors (Lipinski definition) is 2. The van der Waals surface area contributed by atoms with E-state index < -0.39 is 0 Å². The number of para-hydroxylation sites is 2. The molecule has 1 aliphatic heterocycles. The first-order chi connectivity index (χ1) is 20.8. The molecule has 196 valence electrons. The van der Waals surface area contributed by atoms with Gasteiger partial charge >= 0.3 is 0 Å². The lowest BCUT2D eigenvalue weighted by molar-refractivity contribution is 0.487. The van der Waals surface area contributed by atoms with Crippen LogP contribution in [0.3, 0.4) is 0 Å². The van der Waals surface area contributed by atoms with Gasteiger partial charge in [-0.15, -0.1) is 0 Å². The van der Waals surface area contributed by atoms with Crippen LogP contribution in [0.1, 0.15) is 0 Å². The van der Waals surface area contributed by atoms with Gasteiger partial charge in [-0.2, -0.15) is 0 Å². The van der Waals surface area contributed by atoms with Gasteiger partial charge in [0.25, 0.3) is 0 Å². The molecule has 2 nitrogen and oxygen atoms in total. The standard InChI is InChI=1S/C40H24O2/c1-2-12-36-32(8-1)34-11-5-9-31(40(34)42-36)28-20-18-26(19-21-28)25-14-16-27(17-15-25)30-22-23-37-35(24-30)33-10-3-6-29-7-4-13-38(41-37)39(29)33/h1-24H. The molecule has 0 atom stereocenters. The number of hydrogen-bond donors (Lipinski definition) is 0. The summed E-state index contributed by atoms with van der Waals surface area (Å²) in [7, 11) is 0. The van der Waals surface area contributed by atoms with Crippen molar-refractivity contribution < 1.29 is 9.15 Å². The Morgan fingerprint density at radius 1 is 0.381 bits per heavy atom. The summed E-state index contributed by atoms with van der Waals surface area (Å²) in [5.41, 5.74) is 11.2. The molecule has 7 aromatic carbocycles. The first kappa shape index (κ1) is 23.1. The van der Waals surface area contributed by atoms with Crippen molar-refractivity contribution in [2.45, 2.75) is 0 Å². The zero-order valence-electron chi connectivity index (χ0n) is 22.7. The Hall–Kier alpha value is -5.60. The summed E-state index contributed by atoms with van der Waals surface area (Å²) in [6.45, 7) is 0. The number of rotatable bonds is 3. The quantitative estimate of drug-likeness (QED) is 0.224. The second-order valence-corrected chi connectivity index (χ2v) is 10.9. The van der Waals surface area contributed by atoms with Crippen molar-refractivity contribution in [2.24, 2.45) is 0 Å². The van der Waals surface area contributed by atoms with Crippen molar-refractivity contribution in [3.63, 3.8) is 0 Å². The normalized spacial score (nSPS) is 12.0. The molecule has 0 fully saturated rings. The molecule has 0 bridgehead atoms. The van der Waals surface area contributed by atoms with Crippen LogP contribution in [0.4, 0.5) is 0 Å². The fourth-order valence-corrected chi connectivity index (χ4v) is 6.42. The van der Waals surface area contributed by atoms with E-state index in [9.17, 15) is 0 Å². The van der Waals surface area contributed by atoms with Crippen LogP contribution in [0.25, 0.3) is 77.2 Å². The van der Waals surface area contributed by atoms with Crippen molar-refractivity contribution in [3.8, 4) is 56.0 Å². The zero-order valence-corrected chi connectivity index (χ0v) is 22.7. The second-order valence-electron chi connectivity index (χ2n) is 10.9. The smallest absolute Gasteiger partial charge is 0.143 e. The first-order valence-electron chi connectivity index (χ1n) is 14.3. The monoisotopic (exact) mass is 536 g/mol. The van der Waals surface area contributed by atoms with Crippen LogP contribution in [0, 0.1) is 0 Å². The predicted octanol–water partition coefficient (Wildman–Crippen LogP) is 11.5. The highest BCUT2D eigenvalue weighted by Gasteiger charge is 2.20. The Balaban J connectivity index is 1.04. The minimum atomic E-state index is 0.903. The van der Waals surface area contributed by atoms with Crippen LogP contribution in [-0.2, 0) is 0 Å². The van der Waals surface area contributed by atoms with Crippen LogP contribution in [0.15, 0.2) is 150 Å². The fraction of sp³-hybridized carbons (Fsp3) is 0. The first-order valence-corrected chi connectivity index (χ1v) is 14.3. The average Bonchev–Trinajstić information content (AvgIpc) is 3.44. The van der Waals surface area contributed by atoms with Crippen molar-refractivity contribution >= 4 is 32.7 Å². The Bertz CT molecular complexity index is 2300. The van der Waals surface area contributed by atoms with E-state index in [1.165, 1.54) is 38.6 Å². The molecule has 1 aliphatic rings. The summed E-state index contributed by atoms with van der Waals surface area (Å²) in [6.07, 6.45) is 0. The lowest BCUT2D eigenvalue weighted by Crippen LogP contribution is -1.97. The molecule has 0 saturated carbocycles. The number of furan rings is 1. The molecule has 0 saturated heterocycles. The third-order valence-electron chi connectivity index (χ3n) is 8.51. The van der Waals surface area contributed by atoms with Gasteiger partial charge in [0.05, 0.1) is 0 Å². The minimum absolute atomic E-state index is 0.903. The number of fused-ring (bicyclic) bond motifs is 5. The molecular formula is C40H24O2. The van der Waals surface area contributed by atoms with Crippen LogP contribution in [0.5, 0.6) is 11.5 Å². The Labute approximate surface area is 243 Å². The molecule has 0 N–H and O–H groups in total. The molecule has 0 unspecified atom stereocenters. The third kappa shape index (κ3) is 3.52. The van der Waals surface area contributed by atoms with Gasteiger partial charge in [-0.25, -0.2) is 0 Å². The zero-order chi connectivity index (χ0) is 27.6. The van der Waals surface area contributed by atoms with Gasteiger partial charge in [-0.3, -0.25) is 0 Å². The van der Waals surface area contributed by atoms with Crippen LogP contribution in [0.2, 0.25) is 0 Å². The molecule has 8 aromatic rings. The minimum Gasteiger partial charge on any atom is -0.456 e. The van der Waals surface area contributed by atoms with Crippen molar-refractivity contribution in [1.82, 2.24) is 0 Å². The lowest BCUT2D eigenvalue weighted by Gasteiger charge is -2.22. The van der Waals surface area contributed by atoms with Crippen LogP contribution in [-0.4, -0.2) is 0 Å². The molecule has 42 heavy (non-hydrogen) atoms. The van der Waals surface area contributed by atoms with Crippen LogP contribution >= 0.6 is 0 Å². The predicted molar refractivity (Wildman–Crippen MR) is 173 cm³/mol. The Kier molecular flexibility index (Phi) is 4.93. The Morgan fingerprint density at radius 3 is 1.81 bits per heavy atom. The summed E-state index contributed by atoms with van der Waals surface area (Å²) in [4.78, 5) is 0. The summed E-state index contributed by atoms with van der Waals surface area (Å²) in [5.74, 6) is 1.83. The van der Waals surface area contributed by atoms with Gasteiger partial charge in [-0.05, 0) is 63.0 Å². The van der Waals surface area contributed by atoms with Crippen LogP contribution < -0.4 is 4.74 Å². The van der Waals surface area contributed by atoms with E-state index in [2.05, 4.69) is 127 Å². The molecule has 1 aromatic heterocycles. The number of ether oxygens (including phenoxy) is 1. The van der Waals surface area contributed by atoms with Gasteiger partial charge in [-0.1, -0.05) is 121 Å². The summed E-state index contributed by atoms with van der Waals surface area (Å²) >= 11 is 0. The lowest BCUT2D eigenvalue weighted by atomic mass is 9.92. The molecule has 0 aliphatic carbocycles. The van der Waals surface area contributed by atoms with E-state index in [1.54, 1.807) is 0 Å². The van der Waals surface area contributed by atoms with Gasteiger partial charge < -0.3 is 9.15 Å². The highest BCUT2D eigenvalue weighted by molar-refractivity contribution is 6.09. The molecule has 0 radical (unpaired) electrons. The molecular weight excluding hydrogens is 512 g/mol. The maximum atomic E-state index is 6.29.